The number of nitrogens with one attached hydrogen (secondary N) is 1. The van der Waals surface area contributed by atoms with Gasteiger partial charge in [-0.05, 0) is 82.3 Å². The molecule has 1 N–H and O–H groups in total. The maximum absolute atomic E-state index is 14.5. The minimum Gasteiger partial charge on any atom is -0.493 e. The molecule has 8 rings (SSSR count). The second-order valence-electron chi connectivity index (χ2n) is 13.2. The van der Waals surface area contributed by atoms with Crippen LogP contribution in [0.4, 0.5) is 5.82 Å². The van der Waals surface area contributed by atoms with E-state index in [0.29, 0.717) is 55.8 Å². The van der Waals surface area contributed by atoms with E-state index in [4.69, 9.17) is 14.6 Å². The van der Waals surface area contributed by atoms with Gasteiger partial charge >= 0.3 is 0 Å². The summed E-state index contributed by atoms with van der Waals surface area (Å²) in [6, 6.07) is 6.61. The van der Waals surface area contributed by atoms with Crippen LogP contribution in [0.3, 0.4) is 0 Å². The summed E-state index contributed by atoms with van der Waals surface area (Å²) in [6.07, 6.45) is 6.48. The number of anilines is 1. The van der Waals surface area contributed by atoms with Crippen molar-refractivity contribution in [3.63, 3.8) is 0 Å². The molecule has 2 aliphatic carbocycles. The first-order valence-corrected chi connectivity index (χ1v) is 16.3. The molecular formula is C33H38N6O5. The molecule has 2 aromatic rings. The van der Waals surface area contributed by atoms with Crippen molar-refractivity contribution in [1.82, 2.24) is 20.0 Å². The standard InChI is InChI=1S/C33H38N6O5/c1-2-37-31-27(29(36-39(31)20-10-13-43-14-11-20)33(42)38-21(17-34)15-19-16-24(19)38)26(18-8-9-18)28(32(37)41)35-30(40)23-5-3-7-25-22(23)6-4-12-44-25/h3,5,7,18-21,24,26,28H,2,4,6,8-16H2,1H3,(H,35,40)/t19-,21-,24+,26-,28-/m0/s1. The number of aromatic nitrogens is 2. The minimum atomic E-state index is -0.833. The molecule has 230 valence electrons. The van der Waals surface area contributed by atoms with Crippen LogP contribution in [0.5, 0.6) is 5.75 Å². The Morgan fingerprint density at radius 3 is 2.68 bits per heavy atom. The molecule has 0 unspecified atom stereocenters. The zero-order chi connectivity index (χ0) is 30.1. The van der Waals surface area contributed by atoms with Crippen LogP contribution in [0.1, 0.15) is 95.8 Å². The molecule has 11 nitrogen and oxygen atoms in total. The van der Waals surface area contributed by atoms with Crippen LogP contribution in [0.15, 0.2) is 18.2 Å². The third-order valence-corrected chi connectivity index (χ3v) is 10.6. The summed E-state index contributed by atoms with van der Waals surface area (Å²) in [5.41, 5.74) is 2.50. The predicted octanol–water partition coefficient (Wildman–Crippen LogP) is 3.34. The zero-order valence-electron chi connectivity index (χ0n) is 25.0. The Labute approximate surface area is 256 Å². The lowest BCUT2D eigenvalue weighted by molar-refractivity contribution is -0.121. The summed E-state index contributed by atoms with van der Waals surface area (Å²) < 4.78 is 13.4. The zero-order valence-corrected chi connectivity index (χ0v) is 25.0. The van der Waals surface area contributed by atoms with Crippen molar-refractivity contribution in [2.45, 2.75) is 88.4 Å². The van der Waals surface area contributed by atoms with Gasteiger partial charge in [0.25, 0.3) is 17.7 Å². The number of ether oxygens (including phenoxy) is 2. The fourth-order valence-electron chi connectivity index (χ4n) is 8.18. The van der Waals surface area contributed by atoms with Crippen molar-refractivity contribution in [2.24, 2.45) is 11.8 Å². The number of hydrogen-bond acceptors (Lipinski definition) is 7. The second-order valence-corrected chi connectivity index (χ2v) is 13.2. The average Bonchev–Trinajstić information content (AvgIpc) is 3.98. The van der Waals surface area contributed by atoms with Crippen molar-refractivity contribution in [3.05, 3.63) is 40.6 Å². The molecule has 2 saturated heterocycles. The van der Waals surface area contributed by atoms with Crippen molar-refractivity contribution in [3.8, 4) is 11.8 Å². The van der Waals surface area contributed by atoms with Crippen LogP contribution < -0.4 is 15.0 Å². The van der Waals surface area contributed by atoms with Gasteiger partial charge in [-0.2, -0.15) is 10.4 Å². The van der Waals surface area contributed by atoms with Crippen molar-refractivity contribution in [1.29, 1.82) is 5.26 Å². The highest BCUT2D eigenvalue weighted by Crippen LogP contribution is 2.53. The van der Waals surface area contributed by atoms with E-state index in [9.17, 15) is 19.6 Å². The summed E-state index contributed by atoms with van der Waals surface area (Å²) in [5, 5.41) is 18.1. The molecule has 1 aromatic carbocycles. The molecule has 0 spiro atoms. The van der Waals surface area contributed by atoms with Crippen LogP contribution in [0, 0.1) is 23.2 Å². The smallest absolute Gasteiger partial charge is 0.276 e. The van der Waals surface area contributed by atoms with Gasteiger partial charge in [-0.3, -0.25) is 19.3 Å². The Hall–Kier alpha value is -3.91. The van der Waals surface area contributed by atoms with Gasteiger partial charge in [-0.25, -0.2) is 4.68 Å². The van der Waals surface area contributed by atoms with E-state index in [2.05, 4.69) is 11.4 Å². The van der Waals surface area contributed by atoms with E-state index in [1.807, 2.05) is 23.7 Å². The largest absolute Gasteiger partial charge is 0.493 e. The van der Waals surface area contributed by atoms with E-state index >= 15 is 0 Å². The monoisotopic (exact) mass is 598 g/mol. The minimum absolute atomic E-state index is 0.0123. The Balaban J connectivity index is 1.23. The van der Waals surface area contributed by atoms with Crippen molar-refractivity contribution < 1.29 is 23.9 Å². The molecule has 11 heteroatoms. The number of fused-ring (bicyclic) bond motifs is 3. The van der Waals surface area contributed by atoms with Gasteiger partial charge < -0.3 is 19.7 Å². The Morgan fingerprint density at radius 2 is 1.93 bits per heavy atom. The molecule has 0 radical (unpaired) electrons. The van der Waals surface area contributed by atoms with Crippen molar-refractivity contribution >= 4 is 23.5 Å². The normalized spacial score (nSPS) is 29.3. The van der Waals surface area contributed by atoms with Gasteiger partial charge in [0, 0.05) is 48.4 Å². The number of benzene rings is 1. The number of rotatable bonds is 6. The summed E-state index contributed by atoms with van der Waals surface area (Å²) >= 11 is 0. The number of nitrogens with zero attached hydrogens (tertiary/aromatic N) is 5. The van der Waals surface area contributed by atoms with E-state index in [1.54, 1.807) is 15.9 Å². The molecule has 6 aliphatic rings. The molecule has 0 bridgehead atoms. The second kappa shape index (κ2) is 10.6. The first kappa shape index (κ1) is 27.6. The number of carbonyl (C=O) groups is 3. The van der Waals surface area contributed by atoms with E-state index in [-0.39, 0.29) is 41.6 Å². The fraction of sp³-hybridized carbons (Fsp3) is 0.606. The van der Waals surface area contributed by atoms with Gasteiger partial charge in [-0.1, -0.05) is 6.07 Å². The Kier molecular flexibility index (Phi) is 6.67. The highest BCUT2D eigenvalue weighted by molar-refractivity contribution is 6.07. The van der Waals surface area contributed by atoms with Gasteiger partial charge in [0.05, 0.1) is 18.7 Å². The predicted molar refractivity (Wildman–Crippen MR) is 158 cm³/mol. The lowest BCUT2D eigenvalue weighted by Gasteiger charge is -2.39. The first-order valence-electron chi connectivity index (χ1n) is 16.3. The molecule has 1 aromatic heterocycles. The lowest BCUT2D eigenvalue weighted by Crippen LogP contribution is -2.56. The molecular weight excluding hydrogens is 560 g/mol. The molecule has 44 heavy (non-hydrogen) atoms. The fourth-order valence-corrected chi connectivity index (χ4v) is 8.18. The summed E-state index contributed by atoms with van der Waals surface area (Å²) in [4.78, 5) is 46.3. The van der Waals surface area contributed by atoms with Gasteiger partial charge in [0.2, 0.25) is 0 Å². The van der Waals surface area contributed by atoms with E-state index in [0.717, 1.165) is 61.8 Å². The number of carbonyl (C=O) groups excluding carboxylic acids is 3. The maximum Gasteiger partial charge on any atom is 0.276 e. The van der Waals surface area contributed by atoms with E-state index in [1.165, 1.54) is 0 Å². The van der Waals surface area contributed by atoms with E-state index < -0.39 is 12.1 Å². The molecule has 3 amide bonds. The van der Waals surface area contributed by atoms with Crippen molar-refractivity contribution in [2.75, 3.05) is 31.3 Å². The van der Waals surface area contributed by atoms with Crippen LogP contribution in [0.2, 0.25) is 0 Å². The molecule has 4 aliphatic heterocycles. The summed E-state index contributed by atoms with van der Waals surface area (Å²) in [5.74, 6) is 0.843. The summed E-state index contributed by atoms with van der Waals surface area (Å²) in [6.45, 7) is 4.10. The third kappa shape index (κ3) is 4.32. The van der Waals surface area contributed by atoms with Crippen LogP contribution in [0.25, 0.3) is 0 Å². The van der Waals surface area contributed by atoms with Crippen LogP contribution in [-0.2, 0) is 16.0 Å². The van der Waals surface area contributed by atoms with Gasteiger partial charge in [0.15, 0.2) is 5.69 Å². The molecule has 5 heterocycles. The third-order valence-electron chi connectivity index (χ3n) is 10.6. The van der Waals surface area contributed by atoms with Crippen LogP contribution >= 0.6 is 0 Å². The van der Waals surface area contributed by atoms with Crippen LogP contribution in [-0.4, -0.2) is 76.9 Å². The Morgan fingerprint density at radius 1 is 1.11 bits per heavy atom. The van der Waals surface area contributed by atoms with Gasteiger partial charge in [-0.15, -0.1) is 0 Å². The SMILES string of the molecule is CCN1C(=O)[C@@H](NC(=O)c2cccc3c2CCCO3)[C@@H](C2CC2)c2c(C(=O)N3[C@H](C#N)C[C@H]4C[C@H]43)nn(C3CCOCC3)c21. The quantitative estimate of drug-likeness (QED) is 0.540. The number of nitriles is 1. The van der Waals surface area contributed by atoms with Gasteiger partial charge in [0.1, 0.15) is 23.7 Å². The topological polar surface area (TPSA) is 130 Å². The summed E-state index contributed by atoms with van der Waals surface area (Å²) in [7, 11) is 0. The average molecular weight is 599 g/mol. The molecule has 5 atom stereocenters. The first-order chi connectivity index (χ1) is 21.5. The molecule has 4 fully saturated rings. The number of piperidine rings is 1. The maximum atomic E-state index is 14.5. The number of likely N-dealkylation sites (N-methyl/N-ethyl adjacent to an activating group) is 1. The number of likely N-dealkylation sites (tertiary alicyclic amines) is 1. The lowest BCUT2D eigenvalue weighted by atomic mass is 9.82. The number of hydrogen-bond donors (Lipinski definition) is 1. The molecule has 2 saturated carbocycles. The highest BCUT2D eigenvalue weighted by atomic mass is 16.5. The highest BCUT2D eigenvalue weighted by Gasteiger charge is 2.57. The Bertz CT molecular complexity index is 1570. The number of amides is 3.